The fourth-order valence-electron chi connectivity index (χ4n) is 1.93. The first kappa shape index (κ1) is 12.0. The molecule has 0 spiro atoms. The van der Waals surface area contributed by atoms with E-state index in [0.29, 0.717) is 6.54 Å². The molecule has 0 saturated carbocycles. The number of nitrogen functional groups attached to an aromatic ring is 1. The van der Waals surface area contributed by atoms with Gasteiger partial charge in [-0.3, -0.25) is 4.98 Å². The second-order valence-corrected chi connectivity index (χ2v) is 5.10. The predicted molar refractivity (Wildman–Crippen MR) is 79.8 cm³/mol. The number of pyridine rings is 1. The molecule has 2 aromatic heterocycles. The van der Waals surface area contributed by atoms with Crippen LogP contribution in [0.5, 0.6) is 0 Å². The van der Waals surface area contributed by atoms with Crippen LogP contribution >= 0.6 is 15.9 Å². The lowest BCUT2D eigenvalue weighted by Crippen LogP contribution is -2.01. The van der Waals surface area contributed by atoms with Gasteiger partial charge in [0.2, 0.25) is 0 Å². The Morgan fingerprint density at radius 2 is 2.21 bits per heavy atom. The Morgan fingerprint density at radius 1 is 1.32 bits per heavy atom. The van der Waals surface area contributed by atoms with Gasteiger partial charge in [-0.2, -0.15) is 0 Å². The van der Waals surface area contributed by atoms with Gasteiger partial charge in [0.05, 0.1) is 29.8 Å². The molecular weight excluding hydrogens is 306 g/mol. The quantitative estimate of drug-likeness (QED) is 0.649. The summed E-state index contributed by atoms with van der Waals surface area (Å²) < 4.78 is 0.914. The van der Waals surface area contributed by atoms with E-state index in [4.69, 9.17) is 5.73 Å². The highest BCUT2D eigenvalue weighted by Gasteiger charge is 2.06. The third kappa shape index (κ3) is 2.39. The van der Waals surface area contributed by atoms with Crippen LogP contribution in [0, 0.1) is 0 Å². The number of H-pyrrole nitrogens is 1. The lowest BCUT2D eigenvalue weighted by atomic mass is 10.1. The summed E-state index contributed by atoms with van der Waals surface area (Å²) >= 11 is 3.41. The minimum Gasteiger partial charge on any atom is -0.398 e. The maximum atomic E-state index is 5.98. The Labute approximate surface area is 118 Å². The molecule has 96 valence electrons. The van der Waals surface area contributed by atoms with Crippen molar-refractivity contribution in [2.24, 2.45) is 0 Å². The number of halogens is 1. The molecule has 5 nitrogen and oxygen atoms in total. The Bertz CT molecular complexity index is 708. The van der Waals surface area contributed by atoms with Crippen molar-refractivity contribution in [2.45, 2.75) is 6.54 Å². The van der Waals surface area contributed by atoms with Crippen molar-refractivity contribution in [3.8, 4) is 0 Å². The summed E-state index contributed by atoms with van der Waals surface area (Å²) in [5.74, 6) is 0. The average molecular weight is 318 g/mol. The molecule has 0 atom stereocenters. The molecule has 0 fully saturated rings. The van der Waals surface area contributed by atoms with E-state index < -0.39 is 0 Å². The number of aromatic nitrogens is 3. The summed E-state index contributed by atoms with van der Waals surface area (Å²) in [5.41, 5.74) is 9.53. The van der Waals surface area contributed by atoms with Crippen molar-refractivity contribution in [3.63, 3.8) is 0 Å². The van der Waals surface area contributed by atoms with Crippen molar-refractivity contribution in [1.29, 1.82) is 0 Å². The molecule has 19 heavy (non-hydrogen) atoms. The van der Waals surface area contributed by atoms with E-state index in [0.717, 1.165) is 32.4 Å². The number of nitrogens with zero attached hydrogens (tertiary/aromatic N) is 2. The summed E-state index contributed by atoms with van der Waals surface area (Å²) in [4.78, 5) is 11.5. The highest BCUT2D eigenvalue weighted by atomic mass is 79.9. The molecule has 0 aliphatic carbocycles. The smallest absolute Gasteiger partial charge is 0.0954 e. The lowest BCUT2D eigenvalue weighted by molar-refractivity contribution is 1.08. The van der Waals surface area contributed by atoms with Gasteiger partial charge >= 0.3 is 0 Å². The Morgan fingerprint density at radius 3 is 3.00 bits per heavy atom. The normalized spacial score (nSPS) is 10.8. The molecule has 1 aromatic carbocycles. The number of aromatic amines is 1. The maximum Gasteiger partial charge on any atom is 0.0954 e. The van der Waals surface area contributed by atoms with Gasteiger partial charge in [-0.25, -0.2) is 4.98 Å². The van der Waals surface area contributed by atoms with E-state index in [9.17, 15) is 0 Å². The van der Waals surface area contributed by atoms with Crippen LogP contribution in [0.2, 0.25) is 0 Å². The number of nitrogens with one attached hydrogen (secondary N) is 2. The summed E-state index contributed by atoms with van der Waals surface area (Å²) in [6, 6.07) is 5.79. The summed E-state index contributed by atoms with van der Waals surface area (Å²) in [6.07, 6.45) is 5.22. The van der Waals surface area contributed by atoms with Crippen LogP contribution in [-0.2, 0) is 6.54 Å². The van der Waals surface area contributed by atoms with Crippen LogP contribution in [0.1, 0.15) is 5.69 Å². The van der Waals surface area contributed by atoms with Gasteiger partial charge < -0.3 is 16.0 Å². The molecule has 2 heterocycles. The van der Waals surface area contributed by atoms with Gasteiger partial charge in [0.25, 0.3) is 0 Å². The van der Waals surface area contributed by atoms with Gasteiger partial charge in [0.15, 0.2) is 0 Å². The third-order valence-corrected chi connectivity index (χ3v) is 3.31. The van der Waals surface area contributed by atoms with Crippen LogP contribution in [0.25, 0.3) is 10.9 Å². The third-order valence-electron chi connectivity index (χ3n) is 2.87. The zero-order chi connectivity index (χ0) is 13.2. The molecule has 0 amide bonds. The lowest BCUT2D eigenvalue weighted by Gasteiger charge is -2.10. The predicted octanol–water partition coefficient (Wildman–Crippen LogP) is 2.91. The first-order valence-corrected chi connectivity index (χ1v) is 6.58. The number of rotatable bonds is 3. The van der Waals surface area contributed by atoms with Crippen molar-refractivity contribution in [3.05, 3.63) is 47.1 Å². The first-order chi connectivity index (χ1) is 9.24. The summed E-state index contributed by atoms with van der Waals surface area (Å²) in [7, 11) is 0. The second kappa shape index (κ2) is 4.89. The number of hydrogen-bond donors (Lipinski definition) is 3. The minimum absolute atomic E-state index is 0.663. The van der Waals surface area contributed by atoms with Crippen LogP contribution in [0.15, 0.2) is 41.4 Å². The highest BCUT2D eigenvalue weighted by molar-refractivity contribution is 9.10. The number of benzene rings is 1. The molecule has 0 bridgehead atoms. The van der Waals surface area contributed by atoms with Crippen LogP contribution in [0.4, 0.5) is 11.4 Å². The van der Waals surface area contributed by atoms with E-state index in [1.807, 2.05) is 18.2 Å². The van der Waals surface area contributed by atoms with E-state index in [1.165, 1.54) is 0 Å². The number of nitrogens with two attached hydrogens (primary N) is 1. The van der Waals surface area contributed by atoms with Gasteiger partial charge in [-0.15, -0.1) is 0 Å². The number of hydrogen-bond acceptors (Lipinski definition) is 4. The summed E-state index contributed by atoms with van der Waals surface area (Å²) in [6.45, 7) is 0.663. The van der Waals surface area contributed by atoms with Gasteiger partial charge in [-0.1, -0.05) is 0 Å². The van der Waals surface area contributed by atoms with Crippen LogP contribution < -0.4 is 11.1 Å². The monoisotopic (exact) mass is 317 g/mol. The molecule has 0 saturated heterocycles. The fourth-order valence-corrected chi connectivity index (χ4v) is 2.26. The van der Waals surface area contributed by atoms with E-state index in [2.05, 4.69) is 36.2 Å². The van der Waals surface area contributed by atoms with Gasteiger partial charge in [-0.05, 0) is 34.1 Å². The molecule has 0 radical (unpaired) electrons. The number of fused-ring (bicyclic) bond motifs is 1. The van der Waals surface area contributed by atoms with Crippen LogP contribution in [-0.4, -0.2) is 15.0 Å². The van der Waals surface area contributed by atoms with E-state index in [1.54, 1.807) is 18.7 Å². The van der Waals surface area contributed by atoms with Crippen molar-refractivity contribution >= 4 is 38.2 Å². The highest BCUT2D eigenvalue weighted by Crippen LogP contribution is 2.28. The standard InChI is InChI=1S/C13H12BrN5/c14-8-3-10-11(15)1-2-12(13(10)18-4-8)17-6-9-5-16-7-19-9/h1-5,7,17H,6,15H2,(H,16,19). The van der Waals surface area contributed by atoms with E-state index >= 15 is 0 Å². The number of anilines is 2. The minimum atomic E-state index is 0.663. The second-order valence-electron chi connectivity index (χ2n) is 4.18. The molecule has 0 unspecified atom stereocenters. The molecular formula is C13H12BrN5. The fraction of sp³-hybridized carbons (Fsp3) is 0.0769. The largest absolute Gasteiger partial charge is 0.398 e. The molecule has 0 aliphatic heterocycles. The maximum absolute atomic E-state index is 5.98. The molecule has 3 aromatic rings. The average Bonchev–Trinajstić information content (AvgIpc) is 2.92. The van der Waals surface area contributed by atoms with Crippen molar-refractivity contribution in [2.75, 3.05) is 11.1 Å². The Balaban J connectivity index is 1.97. The molecule has 3 rings (SSSR count). The zero-order valence-corrected chi connectivity index (χ0v) is 11.6. The van der Waals surface area contributed by atoms with Gasteiger partial charge in [0, 0.05) is 27.9 Å². The summed E-state index contributed by atoms with van der Waals surface area (Å²) in [5, 5.41) is 4.27. The van der Waals surface area contributed by atoms with E-state index in [-0.39, 0.29) is 0 Å². The van der Waals surface area contributed by atoms with Gasteiger partial charge in [0.1, 0.15) is 0 Å². The molecule has 4 N–H and O–H groups in total. The number of imidazole rings is 1. The van der Waals surface area contributed by atoms with Crippen molar-refractivity contribution < 1.29 is 0 Å². The first-order valence-electron chi connectivity index (χ1n) is 5.79. The topological polar surface area (TPSA) is 79.6 Å². The Kier molecular flexibility index (Phi) is 3.08. The Hall–Kier alpha value is -2.08. The molecule has 0 aliphatic rings. The SMILES string of the molecule is Nc1ccc(NCc2cnc[nH]2)c2ncc(Br)cc12. The van der Waals surface area contributed by atoms with Crippen molar-refractivity contribution in [1.82, 2.24) is 15.0 Å². The van der Waals surface area contributed by atoms with Crippen LogP contribution in [0.3, 0.4) is 0 Å². The zero-order valence-electron chi connectivity index (χ0n) is 10.0. The molecule has 6 heteroatoms.